The van der Waals surface area contributed by atoms with Crippen LogP contribution in [0.15, 0.2) is 0 Å². The molecule has 0 heterocycles. The molecule has 0 saturated heterocycles. The van der Waals surface area contributed by atoms with Crippen molar-refractivity contribution in [2.45, 2.75) is 0 Å². The fourth-order valence-corrected chi connectivity index (χ4v) is 0. The fraction of sp³-hybridized carbons (Fsp3) is 0. The van der Waals surface area contributed by atoms with E-state index in [0.717, 1.165) is 0 Å². The van der Waals surface area contributed by atoms with Crippen molar-refractivity contribution in [1.29, 1.82) is 0 Å². The number of hydrogen-bond donors (Lipinski definition) is 0. The van der Waals surface area contributed by atoms with Crippen LogP contribution in [0.1, 0.15) is 0 Å². The predicted molar refractivity (Wildman–Crippen MR) is 7.25 cm³/mol. The summed E-state index contributed by atoms with van der Waals surface area (Å²) in [6.45, 7) is 0. The van der Waals surface area contributed by atoms with Gasteiger partial charge < -0.3 is 62.0 Å². The van der Waals surface area contributed by atoms with Crippen LogP contribution in [0.2, 0.25) is 0 Å². The van der Waals surface area contributed by atoms with Crippen LogP contribution in [-0.4, -0.2) is 0 Å². The Labute approximate surface area is 148 Å². The Morgan fingerprint density at radius 3 is 0.500 bits per heavy atom. The monoisotopic (exact) mass is 340 g/mol. The molecule has 0 aromatic rings. The number of rotatable bonds is 0. The van der Waals surface area contributed by atoms with Gasteiger partial charge >= 0.3 is 77.6 Å². The first kappa shape index (κ1) is 85.7. The second kappa shape index (κ2) is 65.3. The van der Waals surface area contributed by atoms with Gasteiger partial charge in [0, 0.05) is 0 Å². The summed E-state index contributed by atoms with van der Waals surface area (Å²) in [7, 11) is 0. The molecule has 0 radical (unpaired) electrons. The number of hydrogen-bond acceptors (Lipinski definition) is 0. The van der Waals surface area contributed by atoms with E-state index in [4.69, 9.17) is 0 Å². The Bertz CT molecular complexity index is 8.49. The molecule has 0 aromatic heterocycles. The molecule has 0 aliphatic rings. The molecule has 8 heavy (non-hydrogen) atoms. The fourth-order valence-electron chi connectivity index (χ4n) is 0. The van der Waals surface area contributed by atoms with E-state index in [1.165, 1.54) is 0 Å². The number of halogens is 6. The van der Waals surface area contributed by atoms with E-state index in [9.17, 15) is 0 Å². The van der Waals surface area contributed by atoms with Crippen LogP contribution in [0.3, 0.4) is 0 Å². The van der Waals surface area contributed by atoms with Gasteiger partial charge in [0.05, 0.1) is 0 Å². The van der Waals surface area contributed by atoms with Crippen molar-refractivity contribution in [2.24, 2.45) is 0 Å². The maximum Gasteiger partial charge on any atom is 4.00 e. The summed E-state index contributed by atoms with van der Waals surface area (Å²) in [6.07, 6.45) is 0. The van der Waals surface area contributed by atoms with Crippen molar-refractivity contribution in [3.8, 4) is 0 Å². The van der Waals surface area contributed by atoms with E-state index in [1.54, 1.807) is 0 Å². The SMILES string of the molecule is Cl.[Cl-].[Cl-].[Cl-].[Cl-].[Cl-].[K+].[Zr+4]. The van der Waals surface area contributed by atoms with E-state index < -0.39 is 0 Å². The summed E-state index contributed by atoms with van der Waals surface area (Å²) in [5, 5.41) is 0. The van der Waals surface area contributed by atoms with Crippen LogP contribution in [0.25, 0.3) is 0 Å². The molecule has 0 spiro atoms. The standard InChI is InChI=1S/6ClH.K.Zr/h6*1H;;/q;;;;;;+1;+4/p-5. The van der Waals surface area contributed by atoms with E-state index >= 15 is 0 Å². The molecule has 8 heteroatoms. The summed E-state index contributed by atoms with van der Waals surface area (Å²) in [4.78, 5) is 0. The third kappa shape index (κ3) is 48.5. The van der Waals surface area contributed by atoms with Crippen molar-refractivity contribution >= 4 is 12.4 Å². The third-order valence-electron chi connectivity index (χ3n) is 0. The molecule has 0 saturated carbocycles. The minimum absolute atomic E-state index is 0. The Kier molecular flexibility index (Phi) is 699. The largest absolute Gasteiger partial charge is 4.00 e. The Morgan fingerprint density at radius 1 is 0.500 bits per heavy atom. The van der Waals surface area contributed by atoms with Crippen LogP contribution in [0, 0.1) is 0 Å². The van der Waals surface area contributed by atoms with Gasteiger partial charge in [-0.1, -0.05) is 0 Å². The molecule has 0 bridgehead atoms. The molecule has 0 N–H and O–H groups in total. The maximum absolute atomic E-state index is 0. The summed E-state index contributed by atoms with van der Waals surface area (Å²) in [5.41, 5.74) is 0. The van der Waals surface area contributed by atoms with Gasteiger partial charge in [-0.2, -0.15) is 0 Å². The average Bonchev–Trinajstić information content (AvgIpc) is 0. The Hall–Kier alpha value is 4.26. The van der Waals surface area contributed by atoms with Gasteiger partial charge in [0.2, 0.25) is 0 Å². The van der Waals surface area contributed by atoms with Gasteiger partial charge in [0.25, 0.3) is 0 Å². The van der Waals surface area contributed by atoms with E-state index in [2.05, 4.69) is 0 Å². The molecule has 0 atom stereocenters. The van der Waals surface area contributed by atoms with Crippen molar-refractivity contribution < 1.29 is 140 Å². The molecule has 0 fully saturated rings. The third-order valence-corrected chi connectivity index (χ3v) is 0. The van der Waals surface area contributed by atoms with Gasteiger partial charge in [0.15, 0.2) is 0 Å². The minimum atomic E-state index is 0. The van der Waals surface area contributed by atoms with Crippen molar-refractivity contribution in [3.63, 3.8) is 0 Å². The zero-order valence-electron chi connectivity index (χ0n) is 3.80. The molecular weight excluding hydrogens is 343 g/mol. The molecule has 0 aromatic carbocycles. The van der Waals surface area contributed by atoms with E-state index in [0.29, 0.717) is 0 Å². The molecule has 0 rings (SSSR count). The van der Waals surface area contributed by atoms with Gasteiger partial charge in [-0.15, -0.1) is 12.4 Å². The molecule has 0 aliphatic heterocycles. The molecule has 0 unspecified atom stereocenters. The van der Waals surface area contributed by atoms with Gasteiger partial charge in [0.1, 0.15) is 0 Å². The second-order valence-corrected chi connectivity index (χ2v) is 0. The van der Waals surface area contributed by atoms with Crippen molar-refractivity contribution in [3.05, 3.63) is 0 Å². The van der Waals surface area contributed by atoms with Crippen LogP contribution in [0.4, 0.5) is 0 Å². The van der Waals surface area contributed by atoms with Crippen LogP contribution < -0.4 is 113 Å². The van der Waals surface area contributed by atoms with Crippen molar-refractivity contribution in [2.75, 3.05) is 0 Å². The molecule has 0 amide bonds. The van der Waals surface area contributed by atoms with Gasteiger partial charge in [-0.25, -0.2) is 0 Å². The first-order valence-electron chi connectivity index (χ1n) is 0. The zero-order valence-corrected chi connectivity index (χ0v) is 14.0. The second-order valence-electron chi connectivity index (χ2n) is 0. The van der Waals surface area contributed by atoms with E-state index in [-0.39, 0.29) is 152 Å². The summed E-state index contributed by atoms with van der Waals surface area (Å²) < 4.78 is 0. The van der Waals surface area contributed by atoms with E-state index in [1.807, 2.05) is 0 Å². The minimum Gasteiger partial charge on any atom is -1.00 e. The predicted octanol–water partition coefficient (Wildman–Crippen LogP) is -17.6. The smallest absolute Gasteiger partial charge is 1.00 e. The Balaban J connectivity index is 0. The maximum atomic E-state index is 0. The molecule has 0 nitrogen and oxygen atoms in total. The van der Waals surface area contributed by atoms with Crippen LogP contribution >= 0.6 is 12.4 Å². The van der Waals surface area contributed by atoms with Gasteiger partial charge in [-0.05, 0) is 0 Å². The first-order valence-corrected chi connectivity index (χ1v) is 0. The quantitative estimate of drug-likeness (QED) is 0.383. The normalized spacial score (nSPS) is 0. The van der Waals surface area contributed by atoms with Crippen LogP contribution in [-0.2, 0) is 26.2 Å². The summed E-state index contributed by atoms with van der Waals surface area (Å²) >= 11 is 0. The molecule has 48 valence electrons. The van der Waals surface area contributed by atoms with Crippen LogP contribution in [0.5, 0.6) is 0 Å². The molecular formula is HCl6KZr. The Morgan fingerprint density at radius 2 is 0.500 bits per heavy atom. The summed E-state index contributed by atoms with van der Waals surface area (Å²) in [6, 6.07) is 0. The average molecular weight is 344 g/mol. The van der Waals surface area contributed by atoms with Crippen molar-refractivity contribution in [1.82, 2.24) is 0 Å². The first-order chi connectivity index (χ1) is 0. The topological polar surface area (TPSA) is 0 Å². The zero-order chi connectivity index (χ0) is 0. The molecule has 0 aliphatic carbocycles. The van der Waals surface area contributed by atoms with Gasteiger partial charge in [-0.3, -0.25) is 0 Å². The summed E-state index contributed by atoms with van der Waals surface area (Å²) in [5.74, 6) is 0.